The normalized spacial score (nSPS) is 13.4. The number of aryl methyl sites for hydroxylation is 1. The lowest BCUT2D eigenvalue weighted by molar-refractivity contribution is -0.113. The molecule has 0 aromatic heterocycles. The van der Waals surface area contributed by atoms with Crippen molar-refractivity contribution in [1.29, 1.82) is 0 Å². The predicted molar refractivity (Wildman–Crippen MR) is 94.3 cm³/mol. The SMILES string of the molecule is O=C(CSCc1ccc(F)cc1)Nc1cccc2c1CCCC2. The van der Waals surface area contributed by atoms with Gasteiger partial charge >= 0.3 is 0 Å². The molecule has 120 valence electrons. The summed E-state index contributed by atoms with van der Waals surface area (Å²) in [4.78, 5) is 12.2. The van der Waals surface area contributed by atoms with Gasteiger partial charge in [0.2, 0.25) is 5.91 Å². The molecule has 0 spiro atoms. The van der Waals surface area contributed by atoms with Gasteiger partial charge in [0, 0.05) is 11.4 Å². The molecule has 0 radical (unpaired) electrons. The van der Waals surface area contributed by atoms with Crippen molar-refractivity contribution in [3.05, 3.63) is 65.0 Å². The molecule has 0 fully saturated rings. The van der Waals surface area contributed by atoms with Crippen LogP contribution in [0.5, 0.6) is 0 Å². The average Bonchev–Trinajstić information content (AvgIpc) is 2.57. The van der Waals surface area contributed by atoms with E-state index in [0.29, 0.717) is 11.5 Å². The third kappa shape index (κ3) is 4.35. The Labute approximate surface area is 140 Å². The molecule has 0 saturated carbocycles. The second-order valence-corrected chi connectivity index (χ2v) is 6.80. The summed E-state index contributed by atoms with van der Waals surface area (Å²) in [5, 5.41) is 3.05. The van der Waals surface area contributed by atoms with Crippen LogP contribution in [0, 0.1) is 5.82 Å². The van der Waals surface area contributed by atoms with Gasteiger partial charge in [-0.3, -0.25) is 4.79 Å². The minimum absolute atomic E-state index is 0.0242. The fraction of sp³-hybridized carbons (Fsp3) is 0.316. The number of anilines is 1. The number of hydrogen-bond donors (Lipinski definition) is 1. The zero-order valence-corrected chi connectivity index (χ0v) is 13.8. The Morgan fingerprint density at radius 2 is 1.87 bits per heavy atom. The van der Waals surface area contributed by atoms with Crippen LogP contribution in [-0.2, 0) is 23.4 Å². The maximum Gasteiger partial charge on any atom is 0.234 e. The van der Waals surface area contributed by atoms with Crippen LogP contribution in [0.15, 0.2) is 42.5 Å². The molecule has 1 amide bonds. The number of fused-ring (bicyclic) bond motifs is 1. The highest BCUT2D eigenvalue weighted by molar-refractivity contribution is 7.99. The van der Waals surface area contributed by atoms with Gasteiger partial charge in [0.05, 0.1) is 5.75 Å². The number of carbonyl (C=O) groups is 1. The Balaban J connectivity index is 1.52. The van der Waals surface area contributed by atoms with Crippen LogP contribution in [0.1, 0.15) is 29.5 Å². The largest absolute Gasteiger partial charge is 0.325 e. The number of amides is 1. The zero-order valence-electron chi connectivity index (χ0n) is 13.0. The summed E-state index contributed by atoms with van der Waals surface area (Å²) < 4.78 is 12.8. The summed E-state index contributed by atoms with van der Waals surface area (Å²) in [6.45, 7) is 0. The van der Waals surface area contributed by atoms with Crippen LogP contribution >= 0.6 is 11.8 Å². The maximum atomic E-state index is 12.8. The minimum Gasteiger partial charge on any atom is -0.325 e. The molecule has 2 aromatic carbocycles. The molecule has 0 heterocycles. The monoisotopic (exact) mass is 329 g/mol. The zero-order chi connectivity index (χ0) is 16.1. The van der Waals surface area contributed by atoms with Crippen molar-refractivity contribution in [3.63, 3.8) is 0 Å². The number of nitrogens with one attached hydrogen (secondary N) is 1. The molecule has 1 aliphatic rings. The second kappa shape index (κ2) is 7.64. The molecule has 23 heavy (non-hydrogen) atoms. The summed E-state index contributed by atoms with van der Waals surface area (Å²) in [6.07, 6.45) is 4.59. The molecule has 0 aliphatic heterocycles. The van der Waals surface area contributed by atoms with E-state index in [-0.39, 0.29) is 11.7 Å². The first-order valence-corrected chi connectivity index (χ1v) is 9.10. The van der Waals surface area contributed by atoms with Gasteiger partial charge < -0.3 is 5.32 Å². The van der Waals surface area contributed by atoms with Crippen molar-refractivity contribution in [1.82, 2.24) is 0 Å². The summed E-state index contributed by atoms with van der Waals surface area (Å²) in [6, 6.07) is 12.6. The highest BCUT2D eigenvalue weighted by Gasteiger charge is 2.14. The molecule has 2 nitrogen and oxygen atoms in total. The fourth-order valence-corrected chi connectivity index (χ4v) is 3.71. The highest BCUT2D eigenvalue weighted by Crippen LogP contribution is 2.28. The Kier molecular flexibility index (Phi) is 5.34. The smallest absolute Gasteiger partial charge is 0.234 e. The summed E-state index contributed by atoms with van der Waals surface area (Å²) >= 11 is 1.54. The van der Waals surface area contributed by atoms with Crippen LogP contribution in [-0.4, -0.2) is 11.7 Å². The minimum atomic E-state index is -0.231. The van der Waals surface area contributed by atoms with E-state index in [1.807, 2.05) is 12.1 Å². The van der Waals surface area contributed by atoms with Gasteiger partial charge in [0.25, 0.3) is 0 Å². The third-order valence-corrected chi connectivity index (χ3v) is 5.09. The van der Waals surface area contributed by atoms with Crippen LogP contribution in [0.4, 0.5) is 10.1 Å². The Morgan fingerprint density at radius 3 is 2.70 bits per heavy atom. The van der Waals surface area contributed by atoms with Crippen molar-refractivity contribution >= 4 is 23.4 Å². The summed E-state index contributed by atoms with van der Waals surface area (Å²) in [7, 11) is 0. The second-order valence-electron chi connectivity index (χ2n) is 5.82. The van der Waals surface area contributed by atoms with Crippen LogP contribution in [0.2, 0.25) is 0 Å². The molecule has 3 rings (SSSR count). The summed E-state index contributed by atoms with van der Waals surface area (Å²) in [5.41, 5.74) is 4.67. The van der Waals surface area contributed by atoms with Crippen molar-refractivity contribution < 1.29 is 9.18 Å². The third-order valence-electron chi connectivity index (χ3n) is 4.09. The Morgan fingerprint density at radius 1 is 1.09 bits per heavy atom. The molecule has 4 heteroatoms. The number of rotatable bonds is 5. The van der Waals surface area contributed by atoms with Crippen molar-refractivity contribution in [2.24, 2.45) is 0 Å². The first-order chi connectivity index (χ1) is 11.2. The molecular formula is C19H20FNOS. The van der Waals surface area contributed by atoms with Gasteiger partial charge in [-0.2, -0.15) is 0 Å². The van der Waals surface area contributed by atoms with Gasteiger partial charge in [-0.15, -0.1) is 11.8 Å². The molecular weight excluding hydrogens is 309 g/mol. The van der Waals surface area contributed by atoms with Crippen molar-refractivity contribution in [2.45, 2.75) is 31.4 Å². The number of hydrogen-bond acceptors (Lipinski definition) is 2. The lowest BCUT2D eigenvalue weighted by Crippen LogP contribution is -2.17. The van der Waals surface area contributed by atoms with Crippen LogP contribution in [0.3, 0.4) is 0 Å². The quantitative estimate of drug-likeness (QED) is 0.870. The number of halogens is 1. The maximum absolute atomic E-state index is 12.8. The van der Waals surface area contributed by atoms with Gasteiger partial charge in [0.1, 0.15) is 5.82 Å². The van der Waals surface area contributed by atoms with Gasteiger partial charge in [-0.1, -0.05) is 24.3 Å². The topological polar surface area (TPSA) is 29.1 Å². The number of thioether (sulfide) groups is 1. The van der Waals surface area contributed by atoms with E-state index in [0.717, 1.165) is 24.1 Å². The lowest BCUT2D eigenvalue weighted by Gasteiger charge is -2.19. The Bertz CT molecular complexity index is 684. The van der Waals surface area contributed by atoms with Crippen molar-refractivity contribution in [2.75, 3.05) is 11.1 Å². The standard InChI is InChI=1S/C19H20FNOS/c20-16-10-8-14(9-11-16)12-23-13-19(22)21-18-7-3-5-15-4-1-2-6-17(15)18/h3,5,7-11H,1-2,4,6,12-13H2,(H,21,22). The fourth-order valence-electron chi connectivity index (χ4n) is 2.93. The average molecular weight is 329 g/mol. The van der Waals surface area contributed by atoms with E-state index in [1.165, 1.54) is 36.1 Å². The van der Waals surface area contributed by atoms with E-state index >= 15 is 0 Å². The molecule has 0 bridgehead atoms. The van der Waals surface area contributed by atoms with E-state index in [4.69, 9.17) is 0 Å². The molecule has 0 saturated heterocycles. The first kappa shape index (κ1) is 16.1. The van der Waals surface area contributed by atoms with Gasteiger partial charge in [0.15, 0.2) is 0 Å². The number of carbonyl (C=O) groups excluding carboxylic acids is 1. The molecule has 2 aromatic rings. The Hall–Kier alpha value is -1.81. The van der Waals surface area contributed by atoms with E-state index in [2.05, 4.69) is 11.4 Å². The van der Waals surface area contributed by atoms with E-state index in [9.17, 15) is 9.18 Å². The molecule has 1 aliphatic carbocycles. The summed E-state index contributed by atoms with van der Waals surface area (Å²) in [5.74, 6) is 0.906. The number of benzene rings is 2. The predicted octanol–water partition coefficient (Wildman–Crippen LogP) is 4.58. The van der Waals surface area contributed by atoms with Gasteiger partial charge in [-0.05, 0) is 60.6 Å². The van der Waals surface area contributed by atoms with E-state index < -0.39 is 0 Å². The first-order valence-electron chi connectivity index (χ1n) is 7.95. The van der Waals surface area contributed by atoms with Crippen molar-refractivity contribution in [3.8, 4) is 0 Å². The molecule has 0 unspecified atom stereocenters. The van der Waals surface area contributed by atoms with Crippen LogP contribution < -0.4 is 5.32 Å². The van der Waals surface area contributed by atoms with E-state index in [1.54, 1.807) is 23.9 Å². The molecule has 0 atom stereocenters. The molecule has 1 N–H and O–H groups in total. The van der Waals surface area contributed by atoms with Crippen LogP contribution in [0.25, 0.3) is 0 Å². The van der Waals surface area contributed by atoms with Gasteiger partial charge in [-0.25, -0.2) is 4.39 Å². The highest BCUT2D eigenvalue weighted by atomic mass is 32.2. The lowest BCUT2D eigenvalue weighted by atomic mass is 9.90.